The maximum Gasteiger partial charge on any atom is 0.417 e. The SMILES string of the molecule is CCc1cc(N2C(=S)N(c3ccc(C#N)c(C(F)(F)F)c3)C(=O)C2(C)C)ccc1OCCN1CCN(C(=O)OC(C)(C)C)C[C@@H]1CO. The van der Waals surface area contributed by atoms with E-state index in [1.165, 1.54) is 6.07 Å². The van der Waals surface area contributed by atoms with Crippen LogP contribution in [0.1, 0.15) is 58.2 Å². The lowest BCUT2D eigenvalue weighted by Gasteiger charge is -2.40. The van der Waals surface area contributed by atoms with E-state index in [9.17, 15) is 33.1 Å². The minimum atomic E-state index is -4.79. The molecule has 0 radical (unpaired) electrons. The average molecular weight is 676 g/mol. The summed E-state index contributed by atoms with van der Waals surface area (Å²) >= 11 is 5.67. The number of aryl methyl sites for hydroxylation is 1. The summed E-state index contributed by atoms with van der Waals surface area (Å²) in [4.78, 5) is 32.5. The molecule has 254 valence electrons. The van der Waals surface area contributed by atoms with E-state index in [0.717, 1.165) is 22.6 Å². The van der Waals surface area contributed by atoms with E-state index in [0.29, 0.717) is 50.6 Å². The molecule has 2 aromatic rings. The fourth-order valence-corrected chi connectivity index (χ4v) is 6.23. The van der Waals surface area contributed by atoms with Crippen molar-refractivity contribution in [2.45, 2.75) is 71.3 Å². The van der Waals surface area contributed by atoms with Crippen LogP contribution in [0.25, 0.3) is 0 Å². The number of aliphatic hydroxyl groups excluding tert-OH is 1. The van der Waals surface area contributed by atoms with Crippen molar-refractivity contribution in [1.82, 2.24) is 9.80 Å². The molecule has 2 amide bonds. The Morgan fingerprint density at radius 3 is 2.40 bits per heavy atom. The fourth-order valence-electron chi connectivity index (χ4n) is 5.71. The van der Waals surface area contributed by atoms with E-state index >= 15 is 0 Å². The highest BCUT2D eigenvalue weighted by Crippen LogP contribution is 2.40. The highest BCUT2D eigenvalue weighted by Gasteiger charge is 2.51. The van der Waals surface area contributed by atoms with Crippen LogP contribution >= 0.6 is 12.2 Å². The lowest BCUT2D eigenvalue weighted by atomic mass is 10.0. The molecule has 2 aromatic carbocycles. The molecular weight excluding hydrogens is 635 g/mol. The second-order valence-electron chi connectivity index (χ2n) is 12.9. The van der Waals surface area contributed by atoms with Gasteiger partial charge in [-0.2, -0.15) is 18.4 Å². The number of aliphatic hydroxyl groups is 1. The first-order valence-electron chi connectivity index (χ1n) is 15.3. The van der Waals surface area contributed by atoms with Gasteiger partial charge in [0, 0.05) is 31.9 Å². The Morgan fingerprint density at radius 1 is 1.13 bits per heavy atom. The van der Waals surface area contributed by atoms with Crippen LogP contribution in [0.3, 0.4) is 0 Å². The first kappa shape index (κ1) is 35.9. The third kappa shape index (κ3) is 7.63. The Kier molecular flexibility index (Phi) is 10.4. The molecule has 0 saturated carbocycles. The smallest absolute Gasteiger partial charge is 0.417 e. The lowest BCUT2D eigenvalue weighted by Crippen LogP contribution is -2.57. The fraction of sp³-hybridized carbons (Fsp3) is 0.515. The van der Waals surface area contributed by atoms with Crippen molar-refractivity contribution in [3.05, 3.63) is 53.1 Å². The van der Waals surface area contributed by atoms with Crippen LogP contribution in [0.4, 0.5) is 29.3 Å². The van der Waals surface area contributed by atoms with Gasteiger partial charge in [0.1, 0.15) is 23.5 Å². The summed E-state index contributed by atoms with van der Waals surface area (Å²) in [5, 5.41) is 19.2. The minimum absolute atomic E-state index is 0.00845. The summed E-state index contributed by atoms with van der Waals surface area (Å²) in [6.45, 7) is 12.7. The van der Waals surface area contributed by atoms with Gasteiger partial charge in [0.2, 0.25) is 0 Å². The standard InChI is InChI=1S/C33H40F3N5O5S/c1-7-21-16-24(10-11-27(21)45-15-14-38-12-13-39(19-25(38)20-42)30(44)46-31(2,3)4)41-29(47)40(28(43)32(41,5)6)23-9-8-22(18-37)26(17-23)33(34,35)36/h8-11,16-17,25,42H,7,12-15,19-20H2,1-6H3/t25-/m1/s1. The highest BCUT2D eigenvalue weighted by atomic mass is 32.1. The summed E-state index contributed by atoms with van der Waals surface area (Å²) < 4.78 is 52.7. The first-order valence-corrected chi connectivity index (χ1v) is 15.7. The van der Waals surface area contributed by atoms with E-state index in [1.54, 1.807) is 62.6 Å². The van der Waals surface area contributed by atoms with Gasteiger partial charge >= 0.3 is 12.3 Å². The zero-order valence-corrected chi connectivity index (χ0v) is 28.2. The van der Waals surface area contributed by atoms with Crippen molar-refractivity contribution >= 4 is 40.7 Å². The van der Waals surface area contributed by atoms with Crippen molar-refractivity contribution < 1.29 is 37.3 Å². The molecule has 1 atom stereocenters. The number of carbonyl (C=O) groups is 2. The van der Waals surface area contributed by atoms with Crippen molar-refractivity contribution in [2.24, 2.45) is 0 Å². The third-order valence-electron chi connectivity index (χ3n) is 8.14. The predicted octanol–water partition coefficient (Wildman–Crippen LogP) is 5.35. The number of ether oxygens (including phenoxy) is 2. The number of nitriles is 1. The molecule has 0 aliphatic carbocycles. The Morgan fingerprint density at radius 2 is 1.81 bits per heavy atom. The third-order valence-corrected chi connectivity index (χ3v) is 8.51. The Bertz CT molecular complexity index is 1570. The van der Waals surface area contributed by atoms with Gasteiger partial charge in [-0.3, -0.25) is 14.6 Å². The molecule has 10 nitrogen and oxygen atoms in total. The molecule has 2 heterocycles. The summed E-state index contributed by atoms with van der Waals surface area (Å²) in [7, 11) is 0. The van der Waals surface area contributed by atoms with Gasteiger partial charge in [-0.25, -0.2) is 4.79 Å². The Labute approximate surface area is 278 Å². The molecule has 0 bridgehead atoms. The predicted molar refractivity (Wildman–Crippen MR) is 174 cm³/mol. The van der Waals surface area contributed by atoms with Crippen LogP contribution in [-0.4, -0.2) is 88.6 Å². The second-order valence-corrected chi connectivity index (χ2v) is 13.3. The van der Waals surface area contributed by atoms with Crippen LogP contribution < -0.4 is 14.5 Å². The number of piperazine rings is 1. The minimum Gasteiger partial charge on any atom is -0.492 e. The van der Waals surface area contributed by atoms with Gasteiger partial charge in [0.25, 0.3) is 5.91 Å². The lowest BCUT2D eigenvalue weighted by molar-refractivity contribution is -0.137. The van der Waals surface area contributed by atoms with Gasteiger partial charge in [-0.15, -0.1) is 0 Å². The maximum atomic E-state index is 13.7. The van der Waals surface area contributed by atoms with Crippen LogP contribution in [-0.2, 0) is 22.1 Å². The Balaban J connectivity index is 1.48. The second kappa shape index (κ2) is 13.7. The molecule has 2 aliphatic rings. The van der Waals surface area contributed by atoms with Crippen LogP contribution in [0.2, 0.25) is 0 Å². The number of hydrogen-bond donors (Lipinski definition) is 1. The largest absolute Gasteiger partial charge is 0.492 e. The van der Waals surface area contributed by atoms with Crippen LogP contribution in [0.5, 0.6) is 5.75 Å². The van der Waals surface area contributed by atoms with Gasteiger partial charge < -0.3 is 24.4 Å². The number of rotatable bonds is 8. The number of hydrogen-bond acceptors (Lipinski definition) is 8. The zero-order chi connectivity index (χ0) is 34.9. The van der Waals surface area contributed by atoms with Gasteiger partial charge in [-0.05, 0) is 95.2 Å². The number of halogens is 3. The normalized spacial score (nSPS) is 18.8. The molecule has 2 fully saturated rings. The van der Waals surface area contributed by atoms with Gasteiger partial charge in [0.15, 0.2) is 5.11 Å². The topological polar surface area (TPSA) is 110 Å². The number of thiocarbonyl (C=S) groups is 1. The number of anilines is 2. The van der Waals surface area contributed by atoms with E-state index in [1.807, 2.05) is 13.0 Å². The number of benzene rings is 2. The first-order chi connectivity index (χ1) is 21.9. The molecule has 0 unspecified atom stereocenters. The quantitative estimate of drug-likeness (QED) is 0.371. The monoisotopic (exact) mass is 675 g/mol. The molecule has 14 heteroatoms. The molecule has 47 heavy (non-hydrogen) atoms. The van der Waals surface area contributed by atoms with Crippen LogP contribution in [0.15, 0.2) is 36.4 Å². The average Bonchev–Trinajstić information content (AvgIpc) is 3.18. The van der Waals surface area contributed by atoms with Crippen molar-refractivity contribution in [2.75, 3.05) is 49.2 Å². The van der Waals surface area contributed by atoms with E-state index in [4.69, 9.17) is 21.7 Å². The molecule has 0 aromatic heterocycles. The van der Waals surface area contributed by atoms with Crippen molar-refractivity contribution in [3.63, 3.8) is 0 Å². The summed E-state index contributed by atoms with van der Waals surface area (Å²) in [6.07, 6.45) is -4.62. The molecule has 4 rings (SSSR count). The highest BCUT2D eigenvalue weighted by molar-refractivity contribution is 7.81. The van der Waals surface area contributed by atoms with E-state index in [2.05, 4.69) is 4.90 Å². The van der Waals surface area contributed by atoms with Gasteiger partial charge in [-0.1, -0.05) is 6.92 Å². The zero-order valence-electron chi connectivity index (χ0n) is 27.3. The number of nitrogens with zero attached hydrogens (tertiary/aromatic N) is 5. The van der Waals surface area contributed by atoms with Crippen molar-refractivity contribution in [3.8, 4) is 11.8 Å². The van der Waals surface area contributed by atoms with Gasteiger partial charge in [0.05, 0.1) is 35.5 Å². The molecule has 2 aliphatic heterocycles. The molecular formula is C33H40F3N5O5S. The molecule has 2 saturated heterocycles. The Hall–Kier alpha value is -3.93. The summed E-state index contributed by atoms with van der Waals surface area (Å²) in [6, 6.07) is 9.73. The van der Waals surface area contributed by atoms with E-state index in [-0.39, 0.29) is 23.4 Å². The summed E-state index contributed by atoms with van der Waals surface area (Å²) in [5.41, 5.74) is -2.20. The van der Waals surface area contributed by atoms with Crippen LogP contribution in [0, 0.1) is 11.3 Å². The molecule has 1 N–H and O–H groups in total. The number of carbonyl (C=O) groups excluding carboxylic acids is 2. The summed E-state index contributed by atoms with van der Waals surface area (Å²) in [5.74, 6) is 0.112. The maximum absolute atomic E-state index is 13.7. The molecule has 0 spiro atoms. The van der Waals surface area contributed by atoms with E-state index < -0.39 is 40.4 Å². The number of alkyl halides is 3. The van der Waals surface area contributed by atoms with Crippen molar-refractivity contribution in [1.29, 1.82) is 5.26 Å². The number of amides is 2.